The van der Waals surface area contributed by atoms with Crippen molar-refractivity contribution in [2.45, 2.75) is 18.9 Å². The molecule has 0 heterocycles. The lowest BCUT2D eigenvalue weighted by atomic mass is 10.00. The van der Waals surface area contributed by atoms with Crippen molar-refractivity contribution in [1.82, 2.24) is 5.32 Å². The Morgan fingerprint density at radius 3 is 2.38 bits per heavy atom. The number of ether oxygens (including phenoxy) is 1. The Bertz CT molecular complexity index is 482. The van der Waals surface area contributed by atoms with Gasteiger partial charge in [-0.15, -0.1) is 0 Å². The Balaban J connectivity index is 2.82. The predicted molar refractivity (Wildman–Crippen MR) is 70.5 cm³/mol. The molecule has 0 aliphatic heterocycles. The minimum atomic E-state index is -1.22. The van der Waals surface area contributed by atoms with Crippen LogP contribution in [0.1, 0.15) is 13.3 Å². The van der Waals surface area contributed by atoms with Crippen molar-refractivity contribution in [3.8, 4) is 0 Å². The number of carbonyl (C=O) groups is 1. The van der Waals surface area contributed by atoms with Crippen molar-refractivity contribution in [2.24, 2.45) is 0 Å². The molecule has 0 saturated heterocycles. The van der Waals surface area contributed by atoms with Gasteiger partial charge in [-0.1, -0.05) is 0 Å². The predicted octanol–water partition coefficient (Wildman–Crippen LogP) is 2.01. The Kier molecular flexibility index (Phi) is 5.98. The second kappa shape index (κ2) is 7.28. The fraction of sp³-hybridized carbons (Fsp3) is 0.462. The van der Waals surface area contributed by atoms with Gasteiger partial charge in [0.25, 0.3) is 0 Å². The average Bonchev–Trinajstić information content (AvgIpc) is 2.34. The van der Waals surface area contributed by atoms with Gasteiger partial charge in [-0.05, 0) is 13.3 Å². The molecule has 1 aromatic carbocycles. The Hall–Kier alpha value is -1.80. The Labute approximate surface area is 120 Å². The lowest BCUT2D eigenvalue weighted by Crippen LogP contribution is -2.51. The van der Waals surface area contributed by atoms with Crippen LogP contribution in [0.15, 0.2) is 12.1 Å². The van der Waals surface area contributed by atoms with Gasteiger partial charge in [0.1, 0.15) is 11.5 Å². The number of amides is 2. The fourth-order valence-corrected chi connectivity index (χ4v) is 1.82. The van der Waals surface area contributed by atoms with Crippen molar-refractivity contribution in [3.63, 3.8) is 0 Å². The number of nitrogens with one attached hydrogen (secondary N) is 2. The maximum Gasteiger partial charge on any atom is 0.319 e. The molecule has 3 N–H and O–H groups in total. The molecule has 0 bridgehead atoms. The second-order valence-electron chi connectivity index (χ2n) is 4.79. The van der Waals surface area contributed by atoms with Crippen LogP contribution in [0.5, 0.6) is 0 Å². The summed E-state index contributed by atoms with van der Waals surface area (Å²) in [7, 11) is 1.41. The lowest BCUT2D eigenvalue weighted by Gasteiger charge is -2.29. The first-order chi connectivity index (χ1) is 9.81. The number of anilines is 1. The standard InChI is InChI=1S/C13H17F3N2O3/c1-13(3-4-19,7-21-2)18-12(20)17-11-9(15)5-8(14)6-10(11)16/h5-6,19H,3-4,7H2,1-2H3,(H2,17,18,20). The smallest absolute Gasteiger partial charge is 0.319 e. The molecular formula is C13H17F3N2O3. The summed E-state index contributed by atoms with van der Waals surface area (Å²) >= 11 is 0. The molecule has 5 nitrogen and oxygen atoms in total. The maximum absolute atomic E-state index is 13.4. The largest absolute Gasteiger partial charge is 0.396 e. The van der Waals surface area contributed by atoms with Crippen LogP contribution < -0.4 is 10.6 Å². The molecule has 118 valence electrons. The van der Waals surface area contributed by atoms with Crippen LogP contribution in [0.2, 0.25) is 0 Å². The molecule has 0 aliphatic carbocycles. The van der Waals surface area contributed by atoms with E-state index in [4.69, 9.17) is 9.84 Å². The molecule has 8 heteroatoms. The first-order valence-electron chi connectivity index (χ1n) is 6.15. The van der Waals surface area contributed by atoms with Crippen LogP contribution in [0, 0.1) is 17.5 Å². The number of aliphatic hydroxyl groups excluding tert-OH is 1. The van der Waals surface area contributed by atoms with Gasteiger partial charge in [0.05, 0.1) is 12.1 Å². The zero-order chi connectivity index (χ0) is 16.0. The number of benzene rings is 1. The summed E-state index contributed by atoms with van der Waals surface area (Å²) in [6, 6.07) is 0.0223. The van der Waals surface area contributed by atoms with Gasteiger partial charge in [0.2, 0.25) is 0 Å². The summed E-state index contributed by atoms with van der Waals surface area (Å²) in [5, 5.41) is 13.4. The van der Waals surface area contributed by atoms with E-state index in [-0.39, 0.29) is 19.6 Å². The molecule has 1 unspecified atom stereocenters. The fourth-order valence-electron chi connectivity index (χ4n) is 1.82. The molecule has 2 amide bonds. The van der Waals surface area contributed by atoms with Gasteiger partial charge in [0, 0.05) is 25.8 Å². The zero-order valence-electron chi connectivity index (χ0n) is 11.7. The highest BCUT2D eigenvalue weighted by atomic mass is 19.1. The first kappa shape index (κ1) is 17.3. The molecule has 1 rings (SSSR count). The Morgan fingerprint density at radius 1 is 1.33 bits per heavy atom. The summed E-state index contributed by atoms with van der Waals surface area (Å²) < 4.78 is 44.5. The van der Waals surface area contributed by atoms with Crippen LogP contribution in [0.25, 0.3) is 0 Å². The number of rotatable bonds is 6. The van der Waals surface area contributed by atoms with Gasteiger partial charge in [0.15, 0.2) is 11.6 Å². The first-order valence-corrected chi connectivity index (χ1v) is 6.15. The van der Waals surface area contributed by atoms with E-state index in [1.807, 2.05) is 5.32 Å². The van der Waals surface area contributed by atoms with Gasteiger partial charge in [-0.25, -0.2) is 18.0 Å². The highest BCUT2D eigenvalue weighted by Crippen LogP contribution is 2.20. The summed E-state index contributed by atoms with van der Waals surface area (Å²) in [5.41, 5.74) is -1.67. The number of halogens is 3. The van der Waals surface area contributed by atoms with Crippen molar-refractivity contribution in [2.75, 3.05) is 25.6 Å². The highest BCUT2D eigenvalue weighted by molar-refractivity contribution is 5.90. The van der Waals surface area contributed by atoms with Crippen molar-refractivity contribution in [3.05, 3.63) is 29.6 Å². The average molecular weight is 306 g/mol. The zero-order valence-corrected chi connectivity index (χ0v) is 11.7. The van der Waals surface area contributed by atoms with Gasteiger partial charge in [-0.2, -0.15) is 0 Å². The SMILES string of the molecule is COCC(C)(CCO)NC(=O)Nc1c(F)cc(F)cc1F. The summed E-state index contributed by atoms with van der Waals surface area (Å²) in [4.78, 5) is 11.8. The third kappa shape index (κ3) is 4.91. The number of urea groups is 1. The summed E-state index contributed by atoms with van der Waals surface area (Å²) in [6.07, 6.45) is 0.183. The van der Waals surface area contributed by atoms with Crippen molar-refractivity contribution >= 4 is 11.7 Å². The third-order valence-corrected chi connectivity index (χ3v) is 2.79. The van der Waals surface area contributed by atoms with E-state index in [0.29, 0.717) is 12.1 Å². The number of hydrogen-bond donors (Lipinski definition) is 3. The van der Waals surface area contributed by atoms with E-state index in [9.17, 15) is 18.0 Å². The summed E-state index contributed by atoms with van der Waals surface area (Å²) in [5.74, 6) is -3.53. The van der Waals surface area contributed by atoms with Crippen LogP contribution in [-0.4, -0.2) is 37.0 Å². The van der Waals surface area contributed by atoms with E-state index in [1.165, 1.54) is 7.11 Å². The van der Waals surface area contributed by atoms with E-state index < -0.39 is 34.7 Å². The van der Waals surface area contributed by atoms with E-state index in [2.05, 4.69) is 5.32 Å². The van der Waals surface area contributed by atoms with Gasteiger partial charge in [-0.3, -0.25) is 0 Å². The molecule has 1 aromatic rings. The van der Waals surface area contributed by atoms with Crippen LogP contribution in [0.4, 0.5) is 23.7 Å². The Morgan fingerprint density at radius 2 is 1.90 bits per heavy atom. The molecule has 0 spiro atoms. The van der Waals surface area contributed by atoms with Crippen LogP contribution in [0.3, 0.4) is 0 Å². The molecular weight excluding hydrogens is 289 g/mol. The molecule has 21 heavy (non-hydrogen) atoms. The number of carbonyl (C=O) groups excluding carboxylic acids is 1. The van der Waals surface area contributed by atoms with Crippen LogP contribution >= 0.6 is 0 Å². The minimum absolute atomic E-state index is 0.0926. The lowest BCUT2D eigenvalue weighted by molar-refractivity contribution is 0.104. The normalized spacial score (nSPS) is 13.6. The third-order valence-electron chi connectivity index (χ3n) is 2.79. The van der Waals surface area contributed by atoms with E-state index in [1.54, 1.807) is 6.92 Å². The molecule has 0 radical (unpaired) electrons. The topological polar surface area (TPSA) is 70.6 Å². The highest BCUT2D eigenvalue weighted by Gasteiger charge is 2.26. The summed E-state index contributed by atoms with van der Waals surface area (Å²) in [6.45, 7) is 1.48. The molecule has 0 aliphatic rings. The van der Waals surface area contributed by atoms with Gasteiger partial charge >= 0.3 is 6.03 Å². The second-order valence-corrected chi connectivity index (χ2v) is 4.79. The molecule has 0 aromatic heterocycles. The molecule has 1 atom stereocenters. The maximum atomic E-state index is 13.4. The van der Waals surface area contributed by atoms with Crippen molar-refractivity contribution in [1.29, 1.82) is 0 Å². The minimum Gasteiger partial charge on any atom is -0.396 e. The van der Waals surface area contributed by atoms with Crippen molar-refractivity contribution < 1.29 is 27.8 Å². The van der Waals surface area contributed by atoms with E-state index >= 15 is 0 Å². The quantitative estimate of drug-likeness (QED) is 0.753. The number of methoxy groups -OCH3 is 1. The van der Waals surface area contributed by atoms with Gasteiger partial charge < -0.3 is 20.5 Å². The number of aliphatic hydroxyl groups is 1. The molecule has 0 saturated carbocycles. The van der Waals surface area contributed by atoms with E-state index in [0.717, 1.165) is 0 Å². The number of hydrogen-bond acceptors (Lipinski definition) is 3. The molecule has 0 fully saturated rings. The monoisotopic (exact) mass is 306 g/mol. The van der Waals surface area contributed by atoms with Crippen LogP contribution in [-0.2, 0) is 4.74 Å².